The summed E-state index contributed by atoms with van der Waals surface area (Å²) < 4.78 is 35.7. The lowest BCUT2D eigenvalue weighted by Gasteiger charge is -2.13. The molecule has 4 rings (SSSR count). The Morgan fingerprint density at radius 2 is 1.96 bits per heavy atom. The highest BCUT2D eigenvalue weighted by Gasteiger charge is 2.33. The number of benzene rings is 1. The standard InChI is InChI=1S/C19H18F2N4O3/c1-8-16(9(2)28-24-8)18-17(11-6-13(21)15(26)7-12(11)20)10-4-3-5-14(10)25(18)19(22)23-27/h6-7,26-27H,3-5H2,1-2H3,(H2,22,23). The largest absolute Gasteiger partial charge is 0.505 e. The summed E-state index contributed by atoms with van der Waals surface area (Å²) in [6.45, 7) is 3.42. The van der Waals surface area contributed by atoms with Crippen LogP contribution in [-0.4, -0.2) is 26.0 Å². The van der Waals surface area contributed by atoms with Crippen molar-refractivity contribution in [3.05, 3.63) is 46.5 Å². The minimum atomic E-state index is -0.940. The minimum Gasteiger partial charge on any atom is -0.505 e. The number of hydrogen-bond acceptors (Lipinski definition) is 5. The number of phenols is 1. The third-order valence-corrected chi connectivity index (χ3v) is 5.13. The van der Waals surface area contributed by atoms with Gasteiger partial charge in [0.2, 0.25) is 5.96 Å². The molecular weight excluding hydrogens is 370 g/mol. The van der Waals surface area contributed by atoms with Crippen molar-refractivity contribution in [2.75, 3.05) is 0 Å². The summed E-state index contributed by atoms with van der Waals surface area (Å²) in [6, 6.07) is 1.70. The van der Waals surface area contributed by atoms with E-state index < -0.39 is 17.4 Å². The fourth-order valence-electron chi connectivity index (χ4n) is 4.01. The van der Waals surface area contributed by atoms with Gasteiger partial charge in [0.05, 0.1) is 17.0 Å². The molecule has 0 amide bonds. The highest BCUT2D eigenvalue weighted by molar-refractivity contribution is 5.96. The summed E-state index contributed by atoms with van der Waals surface area (Å²) in [5.74, 6) is -2.23. The van der Waals surface area contributed by atoms with Crippen molar-refractivity contribution in [2.24, 2.45) is 10.9 Å². The number of fused-ring (bicyclic) bond motifs is 1. The number of aromatic hydroxyl groups is 1. The van der Waals surface area contributed by atoms with Crippen molar-refractivity contribution in [2.45, 2.75) is 33.1 Å². The van der Waals surface area contributed by atoms with Crippen LogP contribution in [0.15, 0.2) is 21.8 Å². The van der Waals surface area contributed by atoms with Gasteiger partial charge in [-0.05, 0) is 44.7 Å². The third kappa shape index (κ3) is 2.46. The first-order valence-electron chi connectivity index (χ1n) is 8.71. The van der Waals surface area contributed by atoms with Crippen molar-refractivity contribution < 1.29 is 23.6 Å². The molecule has 2 heterocycles. The lowest BCUT2D eigenvalue weighted by Crippen LogP contribution is -2.25. The molecule has 0 atom stereocenters. The van der Waals surface area contributed by atoms with E-state index >= 15 is 0 Å². The number of halogens is 2. The van der Waals surface area contributed by atoms with Gasteiger partial charge < -0.3 is 20.6 Å². The van der Waals surface area contributed by atoms with Gasteiger partial charge in [-0.2, -0.15) is 0 Å². The molecule has 1 aliphatic carbocycles. The van der Waals surface area contributed by atoms with E-state index in [1.807, 2.05) is 0 Å². The van der Waals surface area contributed by atoms with Crippen LogP contribution >= 0.6 is 0 Å². The summed E-state index contributed by atoms with van der Waals surface area (Å²) in [6.07, 6.45) is 2.04. The molecular formula is C19H18F2N4O3. The van der Waals surface area contributed by atoms with Gasteiger partial charge in [0.1, 0.15) is 11.6 Å². The summed E-state index contributed by atoms with van der Waals surface area (Å²) in [5.41, 5.74) is 9.41. The maximum atomic E-state index is 14.8. The summed E-state index contributed by atoms with van der Waals surface area (Å²) in [4.78, 5) is 0. The monoisotopic (exact) mass is 388 g/mol. The van der Waals surface area contributed by atoms with Crippen molar-refractivity contribution in [3.8, 4) is 28.1 Å². The predicted octanol–water partition coefficient (Wildman–Crippen LogP) is 3.45. The van der Waals surface area contributed by atoms with Crippen molar-refractivity contribution in [3.63, 3.8) is 0 Å². The van der Waals surface area contributed by atoms with Crippen LogP contribution in [-0.2, 0) is 12.8 Å². The molecule has 0 saturated heterocycles. The molecule has 1 aromatic carbocycles. The van der Waals surface area contributed by atoms with Gasteiger partial charge in [0.15, 0.2) is 11.6 Å². The summed E-state index contributed by atoms with van der Waals surface area (Å²) >= 11 is 0. The Bertz CT molecular complexity index is 1110. The zero-order valence-corrected chi connectivity index (χ0v) is 15.3. The zero-order chi connectivity index (χ0) is 20.2. The summed E-state index contributed by atoms with van der Waals surface area (Å²) in [5, 5.41) is 25.9. The van der Waals surface area contributed by atoms with E-state index in [1.54, 1.807) is 13.8 Å². The first-order valence-corrected chi connectivity index (χ1v) is 8.71. The molecule has 9 heteroatoms. The molecule has 146 valence electrons. The van der Waals surface area contributed by atoms with Crippen molar-refractivity contribution in [1.29, 1.82) is 0 Å². The number of aromatic nitrogens is 2. The van der Waals surface area contributed by atoms with E-state index in [9.17, 15) is 19.1 Å². The zero-order valence-electron chi connectivity index (χ0n) is 15.3. The van der Waals surface area contributed by atoms with Crippen LogP contribution in [0.2, 0.25) is 0 Å². The first-order chi connectivity index (χ1) is 13.3. The van der Waals surface area contributed by atoms with E-state index in [-0.39, 0.29) is 11.5 Å². The number of rotatable bonds is 2. The molecule has 2 aromatic heterocycles. The van der Waals surface area contributed by atoms with Crippen LogP contribution in [0.3, 0.4) is 0 Å². The Kier molecular flexibility index (Phi) is 4.10. The van der Waals surface area contributed by atoms with Gasteiger partial charge in [0, 0.05) is 22.9 Å². The fraction of sp³-hybridized carbons (Fsp3) is 0.263. The molecule has 0 aliphatic heterocycles. The highest BCUT2D eigenvalue weighted by atomic mass is 19.1. The number of nitrogens with two attached hydrogens (primary N) is 1. The number of aryl methyl sites for hydroxylation is 2. The molecule has 0 spiro atoms. The van der Waals surface area contributed by atoms with Gasteiger partial charge in [0.25, 0.3) is 0 Å². The molecule has 0 fully saturated rings. The molecule has 28 heavy (non-hydrogen) atoms. The molecule has 0 unspecified atom stereocenters. The van der Waals surface area contributed by atoms with Crippen molar-refractivity contribution in [1.82, 2.24) is 9.72 Å². The van der Waals surface area contributed by atoms with E-state index in [0.29, 0.717) is 41.1 Å². The Hall–Kier alpha value is -3.36. The summed E-state index contributed by atoms with van der Waals surface area (Å²) in [7, 11) is 0. The quantitative estimate of drug-likeness (QED) is 0.270. The van der Waals surface area contributed by atoms with Crippen LogP contribution in [0.25, 0.3) is 22.4 Å². The molecule has 1 aliphatic rings. The Morgan fingerprint density at radius 1 is 1.21 bits per heavy atom. The smallest absolute Gasteiger partial charge is 0.242 e. The van der Waals surface area contributed by atoms with E-state index in [0.717, 1.165) is 29.8 Å². The molecule has 0 radical (unpaired) electrons. The second kappa shape index (κ2) is 6.36. The third-order valence-electron chi connectivity index (χ3n) is 5.13. The maximum Gasteiger partial charge on any atom is 0.242 e. The van der Waals surface area contributed by atoms with Gasteiger partial charge in [-0.25, -0.2) is 8.78 Å². The van der Waals surface area contributed by atoms with Gasteiger partial charge in [-0.1, -0.05) is 10.3 Å². The number of phenolic OH excluding ortho intramolecular Hbond substituents is 1. The Morgan fingerprint density at radius 3 is 2.61 bits per heavy atom. The lowest BCUT2D eigenvalue weighted by molar-refractivity contribution is 0.316. The van der Waals surface area contributed by atoms with E-state index in [2.05, 4.69) is 10.3 Å². The number of oxime groups is 1. The predicted molar refractivity (Wildman–Crippen MR) is 97.3 cm³/mol. The normalized spacial score (nSPS) is 13.9. The van der Waals surface area contributed by atoms with E-state index in [4.69, 9.17) is 10.3 Å². The van der Waals surface area contributed by atoms with Gasteiger partial charge in [-0.3, -0.25) is 4.57 Å². The average molecular weight is 388 g/mol. The van der Waals surface area contributed by atoms with Gasteiger partial charge >= 0.3 is 0 Å². The second-order valence-electron chi connectivity index (χ2n) is 6.78. The van der Waals surface area contributed by atoms with Crippen LogP contribution in [0.4, 0.5) is 8.78 Å². The molecule has 0 saturated carbocycles. The highest BCUT2D eigenvalue weighted by Crippen LogP contribution is 2.46. The number of hydrogen-bond donors (Lipinski definition) is 3. The minimum absolute atomic E-state index is 0.0204. The van der Waals surface area contributed by atoms with Crippen LogP contribution in [0.5, 0.6) is 5.75 Å². The second-order valence-corrected chi connectivity index (χ2v) is 6.78. The van der Waals surface area contributed by atoms with Crippen LogP contribution in [0.1, 0.15) is 29.1 Å². The Balaban J connectivity index is 2.17. The van der Waals surface area contributed by atoms with Crippen molar-refractivity contribution >= 4 is 5.96 Å². The SMILES string of the molecule is Cc1noc(C)c1-c1c(-c2cc(F)c(O)cc2F)c2c(n1C(N)=NO)CCC2. The molecule has 7 nitrogen and oxygen atoms in total. The van der Waals surface area contributed by atoms with Crippen LogP contribution in [0, 0.1) is 25.5 Å². The topological polar surface area (TPSA) is 110 Å². The fourth-order valence-corrected chi connectivity index (χ4v) is 4.01. The molecule has 3 aromatic rings. The Labute approximate surface area is 158 Å². The lowest BCUT2D eigenvalue weighted by atomic mass is 9.95. The molecule has 4 N–H and O–H groups in total. The maximum absolute atomic E-state index is 14.8. The van der Waals surface area contributed by atoms with E-state index in [1.165, 1.54) is 4.57 Å². The average Bonchev–Trinajstić information content (AvgIpc) is 3.32. The number of nitrogens with zero attached hydrogens (tertiary/aromatic N) is 3. The molecule has 0 bridgehead atoms. The van der Waals surface area contributed by atoms with Gasteiger partial charge in [-0.15, -0.1) is 0 Å². The van der Waals surface area contributed by atoms with Crippen LogP contribution < -0.4 is 5.73 Å². The first kappa shape index (κ1) is 18.0.